The summed E-state index contributed by atoms with van der Waals surface area (Å²) >= 11 is 0. The van der Waals surface area contributed by atoms with Gasteiger partial charge in [-0.15, -0.1) is 5.10 Å². The van der Waals surface area contributed by atoms with Gasteiger partial charge in [0.1, 0.15) is 0 Å². The Hall–Kier alpha value is -2.25. The molecule has 1 aromatic heterocycles. The number of benzene rings is 1. The quantitative estimate of drug-likeness (QED) is 0.612. The number of aromatic nitrogens is 3. The van der Waals surface area contributed by atoms with Crippen molar-refractivity contribution in [3.8, 4) is 0 Å². The Labute approximate surface area is 161 Å². The highest BCUT2D eigenvalue weighted by atomic mass is 16.7. The molecule has 7 nitrogen and oxygen atoms in total. The number of ether oxygens (including phenoxy) is 2. The molecule has 0 radical (unpaired) electrons. The van der Waals surface area contributed by atoms with Crippen molar-refractivity contribution in [3.05, 3.63) is 47.8 Å². The lowest BCUT2D eigenvalue weighted by atomic mass is 9.88. The fourth-order valence-electron chi connectivity index (χ4n) is 2.90. The fraction of sp³-hybridized carbons (Fsp3) is 0.550. The van der Waals surface area contributed by atoms with E-state index in [4.69, 9.17) is 9.47 Å². The molecular formula is C20H30N4O3. The molecule has 148 valence electrons. The third kappa shape index (κ3) is 6.45. The van der Waals surface area contributed by atoms with Crippen LogP contribution < -0.4 is 5.32 Å². The van der Waals surface area contributed by atoms with Crippen molar-refractivity contribution in [2.75, 3.05) is 19.8 Å². The molecule has 7 heteroatoms. The first-order valence-corrected chi connectivity index (χ1v) is 9.51. The maximum atomic E-state index is 12.5. The zero-order valence-electron chi connectivity index (χ0n) is 16.6. The van der Waals surface area contributed by atoms with E-state index in [1.54, 1.807) is 10.9 Å². The Morgan fingerprint density at radius 1 is 1.15 bits per heavy atom. The molecule has 1 heterocycles. The summed E-state index contributed by atoms with van der Waals surface area (Å²) in [4.78, 5) is 12.5. The predicted octanol–water partition coefficient (Wildman–Crippen LogP) is 2.85. The standard InChI is InChI=1S/C20H30N4O3/c1-5-26-19(27-6-2)14-24-13-18(22-23-24)20(25)21-12-17(15(3)4)16-10-8-7-9-11-16/h7-11,13,15,17,19H,5-6,12,14H2,1-4H3,(H,21,25). The minimum absolute atomic E-state index is 0.229. The lowest BCUT2D eigenvalue weighted by Crippen LogP contribution is -2.30. The van der Waals surface area contributed by atoms with Crippen molar-refractivity contribution in [2.24, 2.45) is 5.92 Å². The molecule has 0 aliphatic rings. The minimum atomic E-state index is -0.402. The van der Waals surface area contributed by atoms with Crippen LogP contribution in [-0.2, 0) is 16.0 Å². The molecule has 27 heavy (non-hydrogen) atoms. The second-order valence-electron chi connectivity index (χ2n) is 6.64. The van der Waals surface area contributed by atoms with Gasteiger partial charge in [-0.1, -0.05) is 49.4 Å². The average molecular weight is 374 g/mol. The molecular weight excluding hydrogens is 344 g/mol. The third-order valence-corrected chi connectivity index (χ3v) is 4.33. The van der Waals surface area contributed by atoms with Crippen LogP contribution in [-0.4, -0.2) is 46.9 Å². The maximum absolute atomic E-state index is 12.5. The molecule has 0 bridgehead atoms. The molecule has 1 N–H and O–H groups in total. The summed E-state index contributed by atoms with van der Waals surface area (Å²) in [6.07, 6.45) is 1.22. The molecule has 0 saturated heterocycles. The Morgan fingerprint density at radius 3 is 2.41 bits per heavy atom. The largest absolute Gasteiger partial charge is 0.351 e. The molecule has 0 aliphatic carbocycles. The summed E-state index contributed by atoms with van der Waals surface area (Å²) < 4.78 is 12.6. The smallest absolute Gasteiger partial charge is 0.273 e. The van der Waals surface area contributed by atoms with E-state index >= 15 is 0 Å². The van der Waals surface area contributed by atoms with Gasteiger partial charge in [0.15, 0.2) is 12.0 Å². The number of carbonyl (C=O) groups is 1. The van der Waals surface area contributed by atoms with E-state index in [0.717, 1.165) is 0 Å². The molecule has 2 rings (SSSR count). The van der Waals surface area contributed by atoms with Crippen LogP contribution in [0.2, 0.25) is 0 Å². The summed E-state index contributed by atoms with van der Waals surface area (Å²) in [6.45, 7) is 10.2. The topological polar surface area (TPSA) is 78.3 Å². The lowest BCUT2D eigenvalue weighted by molar-refractivity contribution is -0.145. The highest BCUT2D eigenvalue weighted by molar-refractivity contribution is 5.91. The molecule has 1 unspecified atom stereocenters. The maximum Gasteiger partial charge on any atom is 0.273 e. The van der Waals surface area contributed by atoms with Gasteiger partial charge in [-0.3, -0.25) is 4.79 Å². The minimum Gasteiger partial charge on any atom is -0.351 e. The number of hydrogen-bond donors (Lipinski definition) is 1. The first kappa shape index (κ1) is 21.1. The lowest BCUT2D eigenvalue weighted by Gasteiger charge is -2.21. The van der Waals surface area contributed by atoms with Crippen LogP contribution >= 0.6 is 0 Å². The Morgan fingerprint density at radius 2 is 1.81 bits per heavy atom. The van der Waals surface area contributed by atoms with E-state index in [-0.39, 0.29) is 17.5 Å². The van der Waals surface area contributed by atoms with Crippen LogP contribution in [0.25, 0.3) is 0 Å². The Bertz CT molecular complexity index is 682. The van der Waals surface area contributed by atoms with Crippen molar-refractivity contribution < 1.29 is 14.3 Å². The van der Waals surface area contributed by atoms with Crippen LogP contribution in [0, 0.1) is 5.92 Å². The highest BCUT2D eigenvalue weighted by Crippen LogP contribution is 2.23. The zero-order chi connectivity index (χ0) is 19.6. The molecule has 1 amide bonds. The number of nitrogens with zero attached hydrogens (tertiary/aromatic N) is 3. The van der Waals surface area contributed by atoms with Gasteiger partial charge in [-0.25, -0.2) is 4.68 Å². The summed E-state index contributed by atoms with van der Waals surface area (Å²) in [5, 5.41) is 11.0. The molecule has 0 aliphatic heterocycles. The van der Waals surface area contributed by atoms with Crippen LogP contribution in [0.3, 0.4) is 0 Å². The first-order valence-electron chi connectivity index (χ1n) is 9.51. The van der Waals surface area contributed by atoms with Crippen LogP contribution in [0.4, 0.5) is 0 Å². The number of amides is 1. The normalized spacial score (nSPS) is 12.5. The summed E-state index contributed by atoms with van der Waals surface area (Å²) in [7, 11) is 0. The second-order valence-corrected chi connectivity index (χ2v) is 6.64. The Kier molecular flexibility index (Phi) is 8.42. The average Bonchev–Trinajstić information content (AvgIpc) is 3.11. The fourth-order valence-corrected chi connectivity index (χ4v) is 2.90. The van der Waals surface area contributed by atoms with Gasteiger partial charge in [0.05, 0.1) is 12.7 Å². The number of nitrogens with one attached hydrogen (secondary N) is 1. The van der Waals surface area contributed by atoms with Crippen molar-refractivity contribution in [1.82, 2.24) is 20.3 Å². The number of carbonyl (C=O) groups excluding carboxylic acids is 1. The van der Waals surface area contributed by atoms with Gasteiger partial charge in [0, 0.05) is 25.7 Å². The van der Waals surface area contributed by atoms with E-state index < -0.39 is 6.29 Å². The summed E-state index contributed by atoms with van der Waals surface area (Å²) in [5.41, 5.74) is 1.50. The first-order chi connectivity index (χ1) is 13.0. The van der Waals surface area contributed by atoms with Gasteiger partial charge in [-0.2, -0.15) is 0 Å². The van der Waals surface area contributed by atoms with Crippen molar-refractivity contribution in [1.29, 1.82) is 0 Å². The van der Waals surface area contributed by atoms with Gasteiger partial charge >= 0.3 is 0 Å². The summed E-state index contributed by atoms with van der Waals surface area (Å²) in [6, 6.07) is 10.2. The SMILES string of the molecule is CCOC(Cn1cc(C(=O)NCC(c2ccccc2)C(C)C)nn1)OCC. The Balaban J connectivity index is 1.95. The molecule has 2 aromatic rings. The molecule has 1 aromatic carbocycles. The summed E-state index contributed by atoms with van der Waals surface area (Å²) in [5.74, 6) is 0.416. The molecule has 0 spiro atoms. The predicted molar refractivity (Wildman–Crippen MR) is 103 cm³/mol. The number of hydrogen-bond acceptors (Lipinski definition) is 5. The van der Waals surface area contributed by atoms with Gasteiger partial charge in [-0.05, 0) is 25.3 Å². The van der Waals surface area contributed by atoms with Crippen molar-refractivity contribution in [2.45, 2.75) is 46.4 Å². The molecule has 1 atom stereocenters. The van der Waals surface area contributed by atoms with Crippen molar-refractivity contribution >= 4 is 5.91 Å². The van der Waals surface area contributed by atoms with Crippen LogP contribution in [0.1, 0.15) is 49.7 Å². The van der Waals surface area contributed by atoms with E-state index in [1.165, 1.54) is 5.56 Å². The van der Waals surface area contributed by atoms with E-state index in [2.05, 4.69) is 41.6 Å². The van der Waals surface area contributed by atoms with Gasteiger partial charge in [0.2, 0.25) is 0 Å². The molecule has 0 fully saturated rings. The third-order valence-electron chi connectivity index (χ3n) is 4.33. The van der Waals surface area contributed by atoms with Crippen LogP contribution in [0.15, 0.2) is 36.5 Å². The molecule has 0 saturated carbocycles. The second kappa shape index (κ2) is 10.8. The van der Waals surface area contributed by atoms with E-state index in [9.17, 15) is 4.79 Å². The highest BCUT2D eigenvalue weighted by Gasteiger charge is 2.19. The van der Waals surface area contributed by atoms with Gasteiger partial charge < -0.3 is 14.8 Å². The van der Waals surface area contributed by atoms with Gasteiger partial charge in [0.25, 0.3) is 5.91 Å². The van der Waals surface area contributed by atoms with E-state index in [0.29, 0.717) is 32.2 Å². The van der Waals surface area contributed by atoms with E-state index in [1.807, 2.05) is 32.0 Å². The van der Waals surface area contributed by atoms with Crippen molar-refractivity contribution in [3.63, 3.8) is 0 Å². The monoisotopic (exact) mass is 374 g/mol. The van der Waals surface area contributed by atoms with Crippen LogP contribution in [0.5, 0.6) is 0 Å². The number of rotatable bonds is 11. The zero-order valence-corrected chi connectivity index (χ0v) is 16.6.